The van der Waals surface area contributed by atoms with Crippen LogP contribution in [0.4, 0.5) is 0 Å². The predicted octanol–water partition coefficient (Wildman–Crippen LogP) is 2.22. The molecule has 7 nitrogen and oxygen atoms in total. The molecule has 2 aliphatic rings. The molecule has 1 aliphatic carbocycles. The zero-order valence-corrected chi connectivity index (χ0v) is 17.5. The van der Waals surface area contributed by atoms with Crippen LogP contribution in [0.25, 0.3) is 10.2 Å². The van der Waals surface area contributed by atoms with E-state index in [1.165, 1.54) is 21.5 Å². The van der Waals surface area contributed by atoms with Crippen molar-refractivity contribution in [3.05, 3.63) is 20.8 Å². The fourth-order valence-electron chi connectivity index (χ4n) is 3.83. The van der Waals surface area contributed by atoms with E-state index >= 15 is 0 Å². The van der Waals surface area contributed by atoms with Gasteiger partial charge in [-0.25, -0.2) is 4.98 Å². The lowest BCUT2D eigenvalue weighted by Gasteiger charge is -2.15. The van der Waals surface area contributed by atoms with Crippen molar-refractivity contribution in [1.82, 2.24) is 14.5 Å². The molecule has 2 amide bonds. The summed E-state index contributed by atoms with van der Waals surface area (Å²) >= 11 is 2.83. The maximum absolute atomic E-state index is 13.3. The molecule has 3 heterocycles. The van der Waals surface area contributed by atoms with Gasteiger partial charge in [-0.2, -0.15) is 0 Å². The number of hydrogen-bond donors (Lipinski definition) is 0. The third-order valence-corrected chi connectivity index (χ3v) is 7.40. The summed E-state index contributed by atoms with van der Waals surface area (Å²) < 4.78 is 6.79. The van der Waals surface area contributed by atoms with Crippen molar-refractivity contribution in [2.45, 2.75) is 50.2 Å². The van der Waals surface area contributed by atoms with Crippen LogP contribution in [0, 0.1) is 0 Å². The number of nitrogens with zero attached hydrogens (tertiary/aromatic N) is 3. The number of imide groups is 1. The Kier molecular flexibility index (Phi) is 5.84. The lowest BCUT2D eigenvalue weighted by molar-refractivity contribution is -0.140. The summed E-state index contributed by atoms with van der Waals surface area (Å²) in [7, 11) is 1.60. The molecule has 4 rings (SSSR count). The molecule has 0 spiro atoms. The van der Waals surface area contributed by atoms with Gasteiger partial charge in [-0.1, -0.05) is 11.8 Å². The number of fused-ring (bicyclic) bond motifs is 3. The Hall–Kier alpha value is -1.71. The molecule has 0 aromatic carbocycles. The number of hydrogen-bond acceptors (Lipinski definition) is 7. The highest BCUT2D eigenvalue weighted by Crippen LogP contribution is 2.34. The van der Waals surface area contributed by atoms with E-state index in [4.69, 9.17) is 9.72 Å². The van der Waals surface area contributed by atoms with E-state index in [2.05, 4.69) is 0 Å². The van der Waals surface area contributed by atoms with Gasteiger partial charge in [0.1, 0.15) is 4.83 Å². The van der Waals surface area contributed by atoms with E-state index < -0.39 is 0 Å². The van der Waals surface area contributed by atoms with E-state index in [0.29, 0.717) is 31.3 Å². The van der Waals surface area contributed by atoms with Crippen LogP contribution in [-0.2, 0) is 33.7 Å². The summed E-state index contributed by atoms with van der Waals surface area (Å²) in [5, 5.41) is 1.26. The van der Waals surface area contributed by atoms with E-state index in [0.717, 1.165) is 47.9 Å². The standard InChI is InChI=1S/C19H23N3O4S2/c1-26-10-9-22-18(25)16-12-5-2-3-6-13(12)28-17(16)20-19(22)27-11-15(24)21-8-4-7-14(21)23/h2-11H2,1H3. The molecule has 0 N–H and O–H groups in total. The second kappa shape index (κ2) is 8.34. The Balaban J connectivity index is 1.66. The number of rotatable bonds is 6. The maximum Gasteiger partial charge on any atom is 0.263 e. The molecule has 28 heavy (non-hydrogen) atoms. The minimum Gasteiger partial charge on any atom is -0.383 e. The highest BCUT2D eigenvalue weighted by molar-refractivity contribution is 7.99. The molecule has 1 saturated heterocycles. The minimum absolute atomic E-state index is 0.0475. The normalized spacial score (nSPS) is 16.8. The van der Waals surface area contributed by atoms with Crippen LogP contribution in [0.2, 0.25) is 0 Å². The number of ether oxygens (including phenoxy) is 1. The average molecular weight is 422 g/mol. The topological polar surface area (TPSA) is 81.5 Å². The Morgan fingerprint density at radius 1 is 1.21 bits per heavy atom. The largest absolute Gasteiger partial charge is 0.383 e. The second-order valence-electron chi connectivity index (χ2n) is 7.07. The fourth-order valence-corrected chi connectivity index (χ4v) is 6.03. The molecule has 9 heteroatoms. The van der Waals surface area contributed by atoms with Gasteiger partial charge in [0.15, 0.2) is 5.16 Å². The number of aryl methyl sites for hydroxylation is 2. The van der Waals surface area contributed by atoms with Crippen molar-refractivity contribution in [3.8, 4) is 0 Å². The number of likely N-dealkylation sites (tertiary alicyclic amines) is 1. The van der Waals surface area contributed by atoms with Crippen molar-refractivity contribution in [2.75, 3.05) is 26.0 Å². The summed E-state index contributed by atoms with van der Waals surface area (Å²) in [6, 6.07) is 0. The first kappa shape index (κ1) is 19.6. The highest BCUT2D eigenvalue weighted by Gasteiger charge is 2.27. The first-order valence-corrected chi connectivity index (χ1v) is 11.4. The molecule has 0 radical (unpaired) electrons. The summed E-state index contributed by atoms with van der Waals surface area (Å²) in [5.74, 6) is -0.232. The molecule has 1 aliphatic heterocycles. The van der Waals surface area contributed by atoms with Gasteiger partial charge in [0.25, 0.3) is 5.56 Å². The monoisotopic (exact) mass is 421 g/mol. The lowest BCUT2D eigenvalue weighted by atomic mass is 9.97. The van der Waals surface area contributed by atoms with E-state index in [-0.39, 0.29) is 23.1 Å². The molecule has 0 atom stereocenters. The third kappa shape index (κ3) is 3.62. The molecule has 0 saturated carbocycles. The van der Waals surface area contributed by atoms with Crippen LogP contribution in [0.1, 0.15) is 36.1 Å². The number of thioether (sulfide) groups is 1. The summed E-state index contributed by atoms with van der Waals surface area (Å²) in [6.45, 7) is 1.27. The summed E-state index contributed by atoms with van der Waals surface area (Å²) in [4.78, 5) is 45.5. The van der Waals surface area contributed by atoms with Crippen LogP contribution in [0.3, 0.4) is 0 Å². The maximum atomic E-state index is 13.3. The Bertz CT molecular complexity index is 982. The van der Waals surface area contributed by atoms with E-state index in [1.54, 1.807) is 23.0 Å². The molecule has 150 valence electrons. The van der Waals surface area contributed by atoms with Gasteiger partial charge in [-0.05, 0) is 37.7 Å². The number of methoxy groups -OCH3 is 1. The molecule has 2 aromatic rings. The Morgan fingerprint density at radius 2 is 2.04 bits per heavy atom. The van der Waals surface area contributed by atoms with Crippen LogP contribution >= 0.6 is 23.1 Å². The van der Waals surface area contributed by atoms with Crippen molar-refractivity contribution in [2.24, 2.45) is 0 Å². The van der Waals surface area contributed by atoms with Gasteiger partial charge < -0.3 is 4.74 Å². The summed E-state index contributed by atoms with van der Waals surface area (Å²) in [6.07, 6.45) is 5.34. The number of carbonyl (C=O) groups is 2. The first-order chi connectivity index (χ1) is 13.6. The highest BCUT2D eigenvalue weighted by atomic mass is 32.2. The van der Waals surface area contributed by atoms with Gasteiger partial charge in [0.05, 0.1) is 24.3 Å². The van der Waals surface area contributed by atoms with Gasteiger partial charge >= 0.3 is 0 Å². The van der Waals surface area contributed by atoms with Crippen molar-refractivity contribution < 1.29 is 14.3 Å². The molecule has 1 fully saturated rings. The van der Waals surface area contributed by atoms with Gasteiger partial charge in [0, 0.05) is 25.0 Å². The van der Waals surface area contributed by atoms with E-state index in [1.807, 2.05) is 0 Å². The van der Waals surface area contributed by atoms with Crippen molar-refractivity contribution in [1.29, 1.82) is 0 Å². The van der Waals surface area contributed by atoms with Crippen LogP contribution in [0.15, 0.2) is 9.95 Å². The predicted molar refractivity (Wildman–Crippen MR) is 109 cm³/mol. The van der Waals surface area contributed by atoms with E-state index in [9.17, 15) is 14.4 Å². The third-order valence-electron chi connectivity index (χ3n) is 5.26. The number of thiophene rings is 1. The molecular weight excluding hydrogens is 398 g/mol. The number of carbonyl (C=O) groups excluding carboxylic acids is 2. The summed E-state index contributed by atoms with van der Waals surface area (Å²) in [5.41, 5.74) is 1.11. The van der Waals surface area contributed by atoms with Gasteiger partial charge in [-0.15, -0.1) is 11.3 Å². The van der Waals surface area contributed by atoms with Gasteiger partial charge in [-0.3, -0.25) is 23.9 Å². The minimum atomic E-state index is -0.217. The fraction of sp³-hybridized carbons (Fsp3) is 0.579. The second-order valence-corrected chi connectivity index (χ2v) is 9.09. The number of amides is 2. The van der Waals surface area contributed by atoms with Crippen molar-refractivity contribution >= 4 is 45.1 Å². The Morgan fingerprint density at radius 3 is 2.79 bits per heavy atom. The van der Waals surface area contributed by atoms with Gasteiger partial charge in [0.2, 0.25) is 11.8 Å². The zero-order chi connectivity index (χ0) is 19.7. The van der Waals surface area contributed by atoms with Crippen LogP contribution < -0.4 is 5.56 Å². The van der Waals surface area contributed by atoms with Crippen LogP contribution in [-0.4, -0.2) is 52.3 Å². The quantitative estimate of drug-likeness (QED) is 0.526. The average Bonchev–Trinajstić information content (AvgIpc) is 3.28. The molecular formula is C19H23N3O4S2. The molecule has 0 unspecified atom stereocenters. The van der Waals surface area contributed by atoms with Crippen LogP contribution in [0.5, 0.6) is 0 Å². The van der Waals surface area contributed by atoms with Crippen molar-refractivity contribution in [3.63, 3.8) is 0 Å². The first-order valence-electron chi connectivity index (χ1n) is 9.60. The molecule has 2 aromatic heterocycles. The lowest BCUT2D eigenvalue weighted by Crippen LogP contribution is -2.33. The Labute approximate surface area is 171 Å². The SMILES string of the molecule is COCCn1c(SCC(=O)N2CCCC2=O)nc2sc3c(c2c1=O)CCCC3. The number of aromatic nitrogens is 2. The molecule has 0 bridgehead atoms. The zero-order valence-electron chi connectivity index (χ0n) is 15.9. The smallest absolute Gasteiger partial charge is 0.263 e.